The third-order valence-corrected chi connectivity index (χ3v) is 4.19. The van der Waals surface area contributed by atoms with E-state index in [2.05, 4.69) is 68.4 Å². The van der Waals surface area contributed by atoms with Gasteiger partial charge in [0, 0.05) is 25.7 Å². The van der Waals surface area contributed by atoms with Gasteiger partial charge in [-0.3, -0.25) is 0 Å². The summed E-state index contributed by atoms with van der Waals surface area (Å²) < 4.78 is 5.62. The van der Waals surface area contributed by atoms with Crippen LogP contribution >= 0.6 is 0 Å². The third kappa shape index (κ3) is 4.49. The molecule has 1 unspecified atom stereocenters. The summed E-state index contributed by atoms with van der Waals surface area (Å²) in [6.45, 7) is 5.43. The number of benzene rings is 2. The van der Waals surface area contributed by atoms with Crippen LogP contribution in [0, 0.1) is 6.92 Å². The van der Waals surface area contributed by atoms with Crippen LogP contribution in [0.5, 0.6) is 5.75 Å². The monoisotopic (exact) mass is 312 g/mol. The number of nitrogens with zero attached hydrogens (tertiary/aromatic N) is 1. The minimum absolute atomic E-state index is 0.328. The van der Waals surface area contributed by atoms with Crippen LogP contribution in [0.15, 0.2) is 42.5 Å². The van der Waals surface area contributed by atoms with Crippen LogP contribution < -0.4 is 15.4 Å². The Hall–Kier alpha value is -2.00. The van der Waals surface area contributed by atoms with Crippen molar-refractivity contribution in [3.8, 4) is 5.75 Å². The molecule has 1 atom stereocenters. The second-order valence-corrected chi connectivity index (χ2v) is 6.16. The van der Waals surface area contributed by atoms with Crippen molar-refractivity contribution in [1.29, 1.82) is 0 Å². The molecule has 0 spiro atoms. The van der Waals surface area contributed by atoms with Crippen molar-refractivity contribution in [1.82, 2.24) is 0 Å². The molecule has 2 N–H and O–H groups in total. The van der Waals surface area contributed by atoms with Crippen LogP contribution in [0.25, 0.3) is 0 Å². The quantitative estimate of drug-likeness (QED) is 0.846. The van der Waals surface area contributed by atoms with E-state index >= 15 is 0 Å². The lowest BCUT2D eigenvalue weighted by Crippen LogP contribution is -2.15. The first-order valence-electron chi connectivity index (χ1n) is 8.24. The van der Waals surface area contributed by atoms with Gasteiger partial charge >= 0.3 is 0 Å². The van der Waals surface area contributed by atoms with Crippen molar-refractivity contribution >= 4 is 5.69 Å². The minimum atomic E-state index is 0.328. The molecule has 0 fully saturated rings. The standard InChI is InChI=1S/C20H28N2O/c1-5-23-20-11-8-17(12-15(20)2)18(14-21)13-16-6-9-19(10-7-16)22(3)4/h6-12,18H,5,13-14,21H2,1-4H3. The van der Waals surface area contributed by atoms with Gasteiger partial charge in [-0.15, -0.1) is 0 Å². The second kappa shape index (κ2) is 8.02. The van der Waals surface area contributed by atoms with E-state index in [4.69, 9.17) is 10.5 Å². The van der Waals surface area contributed by atoms with E-state index in [1.54, 1.807) is 0 Å². The number of hydrogen-bond acceptors (Lipinski definition) is 3. The van der Waals surface area contributed by atoms with Gasteiger partial charge in [0.25, 0.3) is 0 Å². The van der Waals surface area contributed by atoms with Crippen molar-refractivity contribution < 1.29 is 4.74 Å². The highest BCUT2D eigenvalue weighted by Gasteiger charge is 2.12. The van der Waals surface area contributed by atoms with Gasteiger partial charge < -0.3 is 15.4 Å². The topological polar surface area (TPSA) is 38.5 Å². The van der Waals surface area contributed by atoms with Gasteiger partial charge in [-0.1, -0.05) is 24.3 Å². The Kier molecular flexibility index (Phi) is 6.05. The molecule has 2 aromatic rings. The Bertz CT molecular complexity index is 620. The summed E-state index contributed by atoms with van der Waals surface area (Å²) in [6, 6.07) is 15.1. The maximum atomic E-state index is 6.04. The highest BCUT2D eigenvalue weighted by Crippen LogP contribution is 2.26. The lowest BCUT2D eigenvalue weighted by molar-refractivity contribution is 0.337. The van der Waals surface area contributed by atoms with E-state index in [1.165, 1.54) is 22.4 Å². The summed E-state index contributed by atoms with van der Waals surface area (Å²) >= 11 is 0. The molecular weight excluding hydrogens is 284 g/mol. The highest BCUT2D eigenvalue weighted by molar-refractivity contribution is 5.46. The predicted molar refractivity (Wildman–Crippen MR) is 98.6 cm³/mol. The predicted octanol–water partition coefficient (Wildman–Crippen LogP) is 3.74. The molecule has 23 heavy (non-hydrogen) atoms. The zero-order valence-corrected chi connectivity index (χ0v) is 14.7. The summed E-state index contributed by atoms with van der Waals surface area (Å²) in [5.41, 5.74) is 11.0. The Labute approximate surface area is 140 Å². The lowest BCUT2D eigenvalue weighted by atomic mass is 9.91. The fourth-order valence-corrected chi connectivity index (χ4v) is 2.80. The summed E-state index contributed by atoms with van der Waals surface area (Å²) in [4.78, 5) is 2.11. The molecule has 0 saturated heterocycles. The maximum absolute atomic E-state index is 6.04. The van der Waals surface area contributed by atoms with Crippen LogP contribution in [-0.2, 0) is 6.42 Å². The molecule has 0 aliphatic carbocycles. The molecule has 0 aliphatic rings. The summed E-state index contributed by atoms with van der Waals surface area (Å²) in [7, 11) is 4.11. The molecule has 3 heteroatoms. The molecule has 0 heterocycles. The average Bonchev–Trinajstić information content (AvgIpc) is 2.55. The van der Waals surface area contributed by atoms with Crippen molar-refractivity contribution in [2.75, 3.05) is 32.1 Å². The number of ether oxygens (including phenoxy) is 1. The minimum Gasteiger partial charge on any atom is -0.494 e. The van der Waals surface area contributed by atoms with Gasteiger partial charge in [-0.05, 0) is 61.7 Å². The zero-order valence-electron chi connectivity index (χ0n) is 14.7. The maximum Gasteiger partial charge on any atom is 0.122 e. The van der Waals surface area contributed by atoms with Crippen molar-refractivity contribution in [3.63, 3.8) is 0 Å². The van der Waals surface area contributed by atoms with Crippen LogP contribution in [0.1, 0.15) is 29.5 Å². The number of rotatable bonds is 7. The SMILES string of the molecule is CCOc1ccc(C(CN)Cc2ccc(N(C)C)cc2)cc1C. The van der Waals surface area contributed by atoms with E-state index in [0.29, 0.717) is 19.1 Å². The molecule has 0 aromatic heterocycles. The first-order chi connectivity index (χ1) is 11.0. The van der Waals surface area contributed by atoms with Crippen molar-refractivity contribution in [2.24, 2.45) is 5.73 Å². The molecule has 2 aromatic carbocycles. The van der Waals surface area contributed by atoms with Crippen LogP contribution in [0.2, 0.25) is 0 Å². The number of aryl methyl sites for hydroxylation is 1. The fourth-order valence-electron chi connectivity index (χ4n) is 2.80. The van der Waals surface area contributed by atoms with Gasteiger partial charge in [0.2, 0.25) is 0 Å². The van der Waals surface area contributed by atoms with Crippen LogP contribution in [0.4, 0.5) is 5.69 Å². The van der Waals surface area contributed by atoms with E-state index in [0.717, 1.165) is 12.2 Å². The smallest absolute Gasteiger partial charge is 0.122 e. The molecule has 0 radical (unpaired) electrons. The first-order valence-corrected chi connectivity index (χ1v) is 8.24. The molecule has 0 amide bonds. The lowest BCUT2D eigenvalue weighted by Gasteiger charge is -2.18. The molecule has 0 saturated carbocycles. The van der Waals surface area contributed by atoms with Gasteiger partial charge in [0.1, 0.15) is 5.75 Å². The number of anilines is 1. The van der Waals surface area contributed by atoms with Crippen LogP contribution in [0.3, 0.4) is 0 Å². The van der Waals surface area contributed by atoms with E-state index < -0.39 is 0 Å². The van der Waals surface area contributed by atoms with Crippen molar-refractivity contribution in [2.45, 2.75) is 26.2 Å². The zero-order chi connectivity index (χ0) is 16.8. The Balaban J connectivity index is 2.14. The Morgan fingerprint density at radius 1 is 1.09 bits per heavy atom. The molecule has 0 bridgehead atoms. The third-order valence-electron chi connectivity index (χ3n) is 4.19. The number of hydrogen-bond donors (Lipinski definition) is 1. The van der Waals surface area contributed by atoms with E-state index in [-0.39, 0.29) is 0 Å². The van der Waals surface area contributed by atoms with Gasteiger partial charge in [-0.25, -0.2) is 0 Å². The summed E-state index contributed by atoms with van der Waals surface area (Å²) in [5, 5.41) is 0. The van der Waals surface area contributed by atoms with Gasteiger partial charge in [0.15, 0.2) is 0 Å². The normalized spacial score (nSPS) is 12.0. The average molecular weight is 312 g/mol. The van der Waals surface area contributed by atoms with E-state index in [9.17, 15) is 0 Å². The second-order valence-electron chi connectivity index (χ2n) is 6.16. The van der Waals surface area contributed by atoms with Crippen LogP contribution in [-0.4, -0.2) is 27.2 Å². The van der Waals surface area contributed by atoms with Gasteiger partial charge in [0.05, 0.1) is 6.61 Å². The molecular formula is C20H28N2O. The Morgan fingerprint density at radius 2 is 1.78 bits per heavy atom. The molecule has 2 rings (SSSR count). The molecule has 124 valence electrons. The number of nitrogens with two attached hydrogens (primary N) is 1. The first kappa shape index (κ1) is 17.4. The fraction of sp³-hybridized carbons (Fsp3) is 0.400. The molecule has 3 nitrogen and oxygen atoms in total. The molecule has 0 aliphatic heterocycles. The summed E-state index contributed by atoms with van der Waals surface area (Å²) in [6.07, 6.45) is 0.956. The Morgan fingerprint density at radius 3 is 2.30 bits per heavy atom. The largest absolute Gasteiger partial charge is 0.494 e. The summed E-state index contributed by atoms with van der Waals surface area (Å²) in [5.74, 6) is 1.29. The van der Waals surface area contributed by atoms with Crippen molar-refractivity contribution in [3.05, 3.63) is 59.2 Å². The van der Waals surface area contributed by atoms with Gasteiger partial charge in [-0.2, -0.15) is 0 Å². The highest BCUT2D eigenvalue weighted by atomic mass is 16.5. The van der Waals surface area contributed by atoms with E-state index in [1.807, 2.05) is 6.92 Å².